The quantitative estimate of drug-likeness (QED) is 0.735. The summed E-state index contributed by atoms with van der Waals surface area (Å²) in [4.78, 5) is 18.8. The number of nitrogens with one attached hydrogen (secondary N) is 1. The minimum absolute atomic E-state index is 0.0935. The number of carbonyl (C=O) groups is 1. The Morgan fingerprint density at radius 3 is 2.78 bits per heavy atom. The molecule has 8 nitrogen and oxygen atoms in total. The van der Waals surface area contributed by atoms with Gasteiger partial charge in [-0.05, 0) is 37.8 Å². The van der Waals surface area contributed by atoms with Crippen molar-refractivity contribution in [1.82, 2.24) is 24.6 Å². The summed E-state index contributed by atoms with van der Waals surface area (Å²) in [5.41, 5.74) is 1.06. The number of furan rings is 1. The zero-order chi connectivity index (χ0) is 19.0. The Labute approximate surface area is 156 Å². The second-order valence-corrected chi connectivity index (χ2v) is 7.05. The number of imidazole rings is 1. The van der Waals surface area contributed by atoms with Gasteiger partial charge in [0, 0.05) is 38.6 Å². The van der Waals surface area contributed by atoms with Gasteiger partial charge in [0.15, 0.2) is 11.5 Å². The van der Waals surface area contributed by atoms with Gasteiger partial charge in [0.2, 0.25) is 0 Å². The topological polar surface area (TPSA) is 100 Å². The number of likely N-dealkylation sites (tertiary alicyclic amines) is 1. The van der Waals surface area contributed by atoms with Gasteiger partial charge >= 0.3 is 0 Å². The highest BCUT2D eigenvalue weighted by atomic mass is 16.3. The highest BCUT2D eigenvalue weighted by Crippen LogP contribution is 2.30. The molecule has 0 radical (unpaired) electrons. The molecule has 3 aromatic heterocycles. The second kappa shape index (κ2) is 7.03. The van der Waals surface area contributed by atoms with E-state index in [2.05, 4.69) is 15.2 Å². The SMILES string of the molecule is Cc1ccc(-c2cc(C(=O)N3CCC([C@H](O)c4nccn4C)CC3)n[nH]2)o1. The van der Waals surface area contributed by atoms with Crippen LogP contribution in [0.3, 0.4) is 0 Å². The van der Waals surface area contributed by atoms with Gasteiger partial charge in [0.1, 0.15) is 23.4 Å². The lowest BCUT2D eigenvalue weighted by Crippen LogP contribution is -2.40. The summed E-state index contributed by atoms with van der Waals surface area (Å²) in [6, 6.07) is 5.44. The summed E-state index contributed by atoms with van der Waals surface area (Å²) in [5.74, 6) is 2.13. The van der Waals surface area contributed by atoms with Crippen LogP contribution in [0.2, 0.25) is 0 Å². The van der Waals surface area contributed by atoms with E-state index >= 15 is 0 Å². The molecule has 142 valence electrons. The number of aliphatic hydroxyl groups is 1. The second-order valence-electron chi connectivity index (χ2n) is 7.05. The molecule has 3 aromatic rings. The Bertz CT molecular complexity index is 933. The number of piperidine rings is 1. The number of rotatable bonds is 4. The third-order valence-electron chi connectivity index (χ3n) is 5.20. The van der Waals surface area contributed by atoms with Crippen molar-refractivity contribution in [3.05, 3.63) is 47.9 Å². The Morgan fingerprint density at radius 2 is 2.15 bits per heavy atom. The summed E-state index contributed by atoms with van der Waals surface area (Å²) in [7, 11) is 1.87. The molecule has 1 saturated heterocycles. The lowest BCUT2D eigenvalue weighted by atomic mass is 9.90. The van der Waals surface area contributed by atoms with Crippen molar-refractivity contribution in [2.75, 3.05) is 13.1 Å². The van der Waals surface area contributed by atoms with Crippen LogP contribution in [-0.2, 0) is 7.05 Å². The molecule has 0 spiro atoms. The van der Waals surface area contributed by atoms with E-state index in [0.717, 1.165) is 18.6 Å². The van der Waals surface area contributed by atoms with Gasteiger partial charge in [-0.3, -0.25) is 9.89 Å². The predicted molar refractivity (Wildman–Crippen MR) is 97.8 cm³/mol. The molecule has 8 heteroatoms. The summed E-state index contributed by atoms with van der Waals surface area (Å²) < 4.78 is 7.40. The maximum absolute atomic E-state index is 12.7. The number of aliphatic hydroxyl groups excluding tert-OH is 1. The molecule has 0 bridgehead atoms. The lowest BCUT2D eigenvalue weighted by molar-refractivity contribution is 0.0417. The first-order valence-electron chi connectivity index (χ1n) is 9.09. The number of hydrogen-bond donors (Lipinski definition) is 2. The standard InChI is InChI=1S/C19H23N5O3/c1-12-3-4-16(27-12)14-11-15(22-21-14)19(26)24-8-5-13(6-9-24)17(25)18-20-7-10-23(18)2/h3-4,7,10-11,13,17,25H,5-6,8-9H2,1-2H3,(H,21,22)/t17-/m0/s1. The van der Waals surface area contributed by atoms with Gasteiger partial charge in [0.05, 0.1) is 0 Å². The Morgan fingerprint density at radius 1 is 1.37 bits per heavy atom. The first-order valence-corrected chi connectivity index (χ1v) is 9.09. The van der Waals surface area contributed by atoms with E-state index in [1.165, 1.54) is 0 Å². The van der Waals surface area contributed by atoms with Crippen molar-refractivity contribution >= 4 is 5.91 Å². The number of aromatic amines is 1. The molecular weight excluding hydrogens is 346 g/mol. The van der Waals surface area contributed by atoms with Crippen LogP contribution in [0, 0.1) is 12.8 Å². The van der Waals surface area contributed by atoms with E-state index in [9.17, 15) is 9.90 Å². The minimum Gasteiger partial charge on any atom is -0.460 e. The molecular formula is C19H23N5O3. The fourth-order valence-electron chi connectivity index (χ4n) is 3.59. The molecule has 0 aliphatic carbocycles. The average molecular weight is 369 g/mol. The van der Waals surface area contributed by atoms with Crippen LogP contribution in [-0.4, -0.2) is 48.8 Å². The summed E-state index contributed by atoms with van der Waals surface area (Å²) >= 11 is 0. The molecule has 2 N–H and O–H groups in total. The van der Waals surface area contributed by atoms with Crippen molar-refractivity contribution in [1.29, 1.82) is 0 Å². The molecule has 27 heavy (non-hydrogen) atoms. The van der Waals surface area contributed by atoms with Crippen LogP contribution in [0.25, 0.3) is 11.5 Å². The van der Waals surface area contributed by atoms with Crippen molar-refractivity contribution in [3.8, 4) is 11.5 Å². The molecule has 0 aromatic carbocycles. The predicted octanol–water partition coefficient (Wildman–Crippen LogP) is 2.30. The monoisotopic (exact) mass is 369 g/mol. The van der Waals surface area contributed by atoms with Crippen LogP contribution in [0.1, 0.15) is 41.0 Å². The van der Waals surface area contributed by atoms with E-state index in [0.29, 0.717) is 36.1 Å². The fourth-order valence-corrected chi connectivity index (χ4v) is 3.59. The van der Waals surface area contributed by atoms with Gasteiger partial charge in [-0.1, -0.05) is 0 Å². The van der Waals surface area contributed by atoms with Crippen LogP contribution in [0.15, 0.2) is 35.0 Å². The van der Waals surface area contributed by atoms with Crippen LogP contribution >= 0.6 is 0 Å². The van der Waals surface area contributed by atoms with E-state index in [1.54, 1.807) is 17.2 Å². The first kappa shape index (κ1) is 17.5. The van der Waals surface area contributed by atoms with Crippen molar-refractivity contribution in [2.24, 2.45) is 13.0 Å². The molecule has 0 saturated carbocycles. The number of carbonyl (C=O) groups excluding carboxylic acids is 1. The third kappa shape index (κ3) is 3.40. The minimum atomic E-state index is -0.610. The number of aryl methyl sites for hydroxylation is 2. The fraction of sp³-hybridized carbons (Fsp3) is 0.421. The normalized spacial score (nSPS) is 16.6. The maximum atomic E-state index is 12.7. The molecule has 0 unspecified atom stereocenters. The largest absolute Gasteiger partial charge is 0.460 e. The summed E-state index contributed by atoms with van der Waals surface area (Å²) in [6.45, 7) is 3.05. The van der Waals surface area contributed by atoms with Crippen LogP contribution in [0.5, 0.6) is 0 Å². The molecule has 1 fully saturated rings. The molecule has 4 heterocycles. The molecule has 1 amide bonds. The van der Waals surface area contributed by atoms with E-state index in [-0.39, 0.29) is 11.8 Å². The number of aromatic nitrogens is 4. The van der Waals surface area contributed by atoms with Crippen molar-refractivity contribution in [2.45, 2.75) is 25.9 Å². The number of nitrogens with zero attached hydrogens (tertiary/aromatic N) is 4. The Balaban J connectivity index is 1.39. The number of amides is 1. The van der Waals surface area contributed by atoms with E-state index in [4.69, 9.17) is 4.42 Å². The lowest BCUT2D eigenvalue weighted by Gasteiger charge is -2.33. The molecule has 4 rings (SSSR count). The smallest absolute Gasteiger partial charge is 0.274 e. The highest BCUT2D eigenvalue weighted by Gasteiger charge is 2.31. The molecule has 1 aliphatic rings. The van der Waals surface area contributed by atoms with Gasteiger partial charge in [-0.25, -0.2) is 4.98 Å². The van der Waals surface area contributed by atoms with Crippen molar-refractivity contribution in [3.63, 3.8) is 0 Å². The maximum Gasteiger partial charge on any atom is 0.274 e. The average Bonchev–Trinajstić information content (AvgIpc) is 3.41. The van der Waals surface area contributed by atoms with Gasteiger partial charge < -0.3 is 19.0 Å². The zero-order valence-electron chi connectivity index (χ0n) is 15.4. The van der Waals surface area contributed by atoms with Gasteiger partial charge in [0.25, 0.3) is 5.91 Å². The molecule has 1 atom stereocenters. The third-order valence-corrected chi connectivity index (χ3v) is 5.20. The number of hydrogen-bond acceptors (Lipinski definition) is 5. The Kier molecular flexibility index (Phi) is 4.57. The van der Waals surface area contributed by atoms with Crippen LogP contribution < -0.4 is 0 Å². The van der Waals surface area contributed by atoms with Crippen LogP contribution in [0.4, 0.5) is 0 Å². The zero-order valence-corrected chi connectivity index (χ0v) is 15.4. The highest BCUT2D eigenvalue weighted by molar-refractivity contribution is 5.93. The first-order chi connectivity index (χ1) is 13.0. The van der Waals surface area contributed by atoms with Gasteiger partial charge in [-0.2, -0.15) is 5.10 Å². The summed E-state index contributed by atoms with van der Waals surface area (Å²) in [6.07, 6.45) is 4.37. The number of H-pyrrole nitrogens is 1. The van der Waals surface area contributed by atoms with Crippen molar-refractivity contribution < 1.29 is 14.3 Å². The molecule has 1 aliphatic heterocycles. The van der Waals surface area contributed by atoms with Gasteiger partial charge in [-0.15, -0.1) is 0 Å². The summed E-state index contributed by atoms with van der Waals surface area (Å²) in [5, 5.41) is 17.6. The van der Waals surface area contributed by atoms with E-state index in [1.807, 2.05) is 36.9 Å². The Hall–Kier alpha value is -2.87. The van der Waals surface area contributed by atoms with E-state index < -0.39 is 6.10 Å².